The van der Waals surface area contributed by atoms with Gasteiger partial charge in [0.05, 0.1) is 5.69 Å². The summed E-state index contributed by atoms with van der Waals surface area (Å²) < 4.78 is 0. The minimum atomic E-state index is 0.110. The van der Waals surface area contributed by atoms with Gasteiger partial charge >= 0.3 is 0 Å². The first-order valence-corrected chi connectivity index (χ1v) is 6.45. The van der Waals surface area contributed by atoms with E-state index >= 15 is 0 Å². The molecule has 94 valence electrons. The van der Waals surface area contributed by atoms with Gasteiger partial charge in [0, 0.05) is 24.8 Å². The molecule has 1 heterocycles. The van der Waals surface area contributed by atoms with Crippen molar-refractivity contribution >= 4 is 0 Å². The zero-order valence-corrected chi connectivity index (χ0v) is 10.9. The molecule has 0 radical (unpaired) electrons. The van der Waals surface area contributed by atoms with Gasteiger partial charge in [-0.25, -0.2) is 0 Å². The van der Waals surface area contributed by atoms with Crippen LogP contribution in [0.3, 0.4) is 0 Å². The summed E-state index contributed by atoms with van der Waals surface area (Å²) in [7, 11) is 2.16. The summed E-state index contributed by atoms with van der Waals surface area (Å²) in [6.07, 6.45) is 5.83. The van der Waals surface area contributed by atoms with Crippen molar-refractivity contribution < 1.29 is 0 Å². The van der Waals surface area contributed by atoms with Crippen molar-refractivity contribution in [1.82, 2.24) is 9.88 Å². The van der Waals surface area contributed by atoms with Gasteiger partial charge in [-0.05, 0) is 38.4 Å². The molecule has 3 nitrogen and oxygen atoms in total. The smallest absolute Gasteiger partial charge is 0.0544 e. The molecule has 0 amide bonds. The van der Waals surface area contributed by atoms with Crippen molar-refractivity contribution in [1.29, 1.82) is 0 Å². The Morgan fingerprint density at radius 2 is 2.24 bits per heavy atom. The molecule has 2 N–H and O–H groups in total. The highest BCUT2D eigenvalue weighted by molar-refractivity contribution is 5.04. The Bertz CT molecular complexity index is 348. The summed E-state index contributed by atoms with van der Waals surface area (Å²) in [5.74, 6) is 0.898. The van der Waals surface area contributed by atoms with Crippen LogP contribution < -0.4 is 5.73 Å². The third-order valence-corrected chi connectivity index (χ3v) is 3.91. The number of hydrogen-bond acceptors (Lipinski definition) is 3. The Kier molecular flexibility index (Phi) is 3.79. The van der Waals surface area contributed by atoms with E-state index in [9.17, 15) is 0 Å². The number of pyridine rings is 1. The monoisotopic (exact) mass is 233 g/mol. The first kappa shape index (κ1) is 12.5. The van der Waals surface area contributed by atoms with E-state index in [2.05, 4.69) is 29.9 Å². The number of nitrogens with two attached hydrogens (primary N) is 1. The zero-order valence-electron chi connectivity index (χ0n) is 10.9. The molecule has 3 heteroatoms. The number of aromatic nitrogens is 1. The maximum atomic E-state index is 5.98. The van der Waals surface area contributed by atoms with Crippen LogP contribution in [-0.2, 0) is 6.54 Å². The minimum Gasteiger partial charge on any atom is -0.329 e. The Morgan fingerprint density at radius 3 is 2.76 bits per heavy atom. The van der Waals surface area contributed by atoms with Gasteiger partial charge in [0.15, 0.2) is 0 Å². The topological polar surface area (TPSA) is 42.2 Å². The van der Waals surface area contributed by atoms with Crippen LogP contribution in [0.4, 0.5) is 0 Å². The van der Waals surface area contributed by atoms with E-state index in [-0.39, 0.29) is 5.54 Å². The van der Waals surface area contributed by atoms with E-state index in [1.807, 2.05) is 18.3 Å². The molecule has 0 aliphatic heterocycles. The maximum absolute atomic E-state index is 5.98. The summed E-state index contributed by atoms with van der Waals surface area (Å²) in [6, 6.07) is 6.07. The molecule has 1 aliphatic rings. The minimum absolute atomic E-state index is 0.110. The highest BCUT2D eigenvalue weighted by Crippen LogP contribution is 2.38. The number of rotatable bonds is 6. The molecule has 2 rings (SSSR count). The third-order valence-electron chi connectivity index (χ3n) is 3.91. The molecule has 0 saturated heterocycles. The van der Waals surface area contributed by atoms with Crippen molar-refractivity contribution in [3.63, 3.8) is 0 Å². The SMILES string of the molecule is CN(Cc1ccccn1)C(C)(CN)CC1CC1. The van der Waals surface area contributed by atoms with E-state index in [0.717, 1.165) is 18.2 Å². The van der Waals surface area contributed by atoms with Crippen molar-refractivity contribution in [3.8, 4) is 0 Å². The van der Waals surface area contributed by atoms with E-state index in [1.165, 1.54) is 19.3 Å². The normalized spacial score (nSPS) is 19.3. The molecule has 1 saturated carbocycles. The van der Waals surface area contributed by atoms with Crippen LogP contribution in [0.15, 0.2) is 24.4 Å². The molecule has 1 aromatic heterocycles. The predicted octanol–water partition coefficient (Wildman–Crippen LogP) is 2.03. The van der Waals surface area contributed by atoms with Gasteiger partial charge in [-0.3, -0.25) is 9.88 Å². The van der Waals surface area contributed by atoms with Crippen molar-refractivity contribution in [2.45, 2.75) is 38.3 Å². The second-order valence-electron chi connectivity index (χ2n) is 5.53. The second-order valence-corrected chi connectivity index (χ2v) is 5.53. The number of nitrogens with zero attached hydrogens (tertiary/aromatic N) is 2. The molecular formula is C14H23N3. The summed E-state index contributed by atoms with van der Waals surface area (Å²) in [4.78, 5) is 6.73. The second kappa shape index (κ2) is 5.15. The Hall–Kier alpha value is -0.930. The first-order valence-electron chi connectivity index (χ1n) is 6.45. The van der Waals surface area contributed by atoms with Gasteiger partial charge in [0.1, 0.15) is 0 Å². The lowest BCUT2D eigenvalue weighted by Gasteiger charge is -2.38. The molecule has 1 aliphatic carbocycles. The van der Waals surface area contributed by atoms with Crippen LogP contribution in [-0.4, -0.2) is 29.0 Å². The van der Waals surface area contributed by atoms with Crippen LogP contribution >= 0.6 is 0 Å². The lowest BCUT2D eigenvalue weighted by Crippen LogP contribution is -2.49. The molecule has 1 fully saturated rings. The van der Waals surface area contributed by atoms with Crippen LogP contribution in [0.25, 0.3) is 0 Å². The number of hydrogen-bond donors (Lipinski definition) is 1. The van der Waals surface area contributed by atoms with Gasteiger partial charge in [-0.1, -0.05) is 18.9 Å². The maximum Gasteiger partial charge on any atom is 0.0544 e. The van der Waals surface area contributed by atoms with Gasteiger partial charge in [0.2, 0.25) is 0 Å². The van der Waals surface area contributed by atoms with E-state index < -0.39 is 0 Å². The summed E-state index contributed by atoms with van der Waals surface area (Å²) >= 11 is 0. The Labute approximate surface area is 104 Å². The fourth-order valence-corrected chi connectivity index (χ4v) is 2.26. The van der Waals surface area contributed by atoms with E-state index in [4.69, 9.17) is 5.73 Å². The fraction of sp³-hybridized carbons (Fsp3) is 0.643. The molecule has 1 aromatic rings. The largest absolute Gasteiger partial charge is 0.329 e. The molecule has 17 heavy (non-hydrogen) atoms. The van der Waals surface area contributed by atoms with Crippen molar-refractivity contribution in [2.24, 2.45) is 11.7 Å². The van der Waals surface area contributed by atoms with Gasteiger partial charge in [0.25, 0.3) is 0 Å². The standard InChI is InChI=1S/C14H23N3/c1-14(11-15,9-12-6-7-12)17(2)10-13-5-3-4-8-16-13/h3-5,8,12H,6-7,9-11,15H2,1-2H3. The molecular weight excluding hydrogens is 210 g/mol. The molecule has 0 spiro atoms. The van der Waals surface area contributed by atoms with Crippen molar-refractivity contribution in [2.75, 3.05) is 13.6 Å². The van der Waals surface area contributed by atoms with Crippen LogP contribution in [0.1, 0.15) is 31.9 Å². The number of likely N-dealkylation sites (N-methyl/N-ethyl adjacent to an activating group) is 1. The Morgan fingerprint density at radius 1 is 1.47 bits per heavy atom. The summed E-state index contributed by atoms with van der Waals surface area (Å²) in [5, 5.41) is 0. The lowest BCUT2D eigenvalue weighted by molar-refractivity contribution is 0.118. The quantitative estimate of drug-likeness (QED) is 0.817. The summed E-state index contributed by atoms with van der Waals surface area (Å²) in [5.41, 5.74) is 7.20. The van der Waals surface area contributed by atoms with Crippen molar-refractivity contribution in [3.05, 3.63) is 30.1 Å². The van der Waals surface area contributed by atoms with Gasteiger partial charge in [-0.2, -0.15) is 0 Å². The predicted molar refractivity (Wildman–Crippen MR) is 70.5 cm³/mol. The average Bonchev–Trinajstić information content (AvgIpc) is 3.14. The van der Waals surface area contributed by atoms with Crippen LogP contribution in [0.2, 0.25) is 0 Å². The van der Waals surface area contributed by atoms with Crippen LogP contribution in [0.5, 0.6) is 0 Å². The Balaban J connectivity index is 1.98. The van der Waals surface area contributed by atoms with Gasteiger partial charge in [-0.15, -0.1) is 0 Å². The molecule has 1 unspecified atom stereocenters. The third kappa shape index (κ3) is 3.27. The van der Waals surface area contributed by atoms with Gasteiger partial charge < -0.3 is 5.73 Å². The first-order chi connectivity index (χ1) is 8.14. The fourth-order valence-electron chi connectivity index (χ4n) is 2.26. The lowest BCUT2D eigenvalue weighted by atomic mass is 9.93. The molecule has 0 bridgehead atoms. The highest BCUT2D eigenvalue weighted by atomic mass is 15.2. The van der Waals surface area contributed by atoms with E-state index in [1.54, 1.807) is 0 Å². The molecule has 1 atom stereocenters. The average molecular weight is 233 g/mol. The highest BCUT2D eigenvalue weighted by Gasteiger charge is 2.35. The van der Waals surface area contributed by atoms with Crippen LogP contribution in [0, 0.1) is 5.92 Å². The van der Waals surface area contributed by atoms with E-state index in [0.29, 0.717) is 6.54 Å². The molecule has 0 aromatic carbocycles. The zero-order chi connectivity index (χ0) is 12.3. The summed E-state index contributed by atoms with van der Waals surface area (Å²) in [6.45, 7) is 3.86.